The fourth-order valence-corrected chi connectivity index (χ4v) is 3.50. The quantitative estimate of drug-likeness (QED) is 0.468. The number of benzene rings is 1. The molecule has 5 heteroatoms. The molecule has 1 aromatic carbocycles. The fourth-order valence-electron chi connectivity index (χ4n) is 3.50. The predicted molar refractivity (Wildman–Crippen MR) is 106 cm³/mol. The van der Waals surface area contributed by atoms with Gasteiger partial charge in [0.05, 0.1) is 7.11 Å². The molecule has 26 heavy (non-hydrogen) atoms. The summed E-state index contributed by atoms with van der Waals surface area (Å²) in [7, 11) is 3.74. The summed E-state index contributed by atoms with van der Waals surface area (Å²) in [6, 6.07) is 6.47. The first-order valence-electron chi connectivity index (χ1n) is 9.63. The SMILES string of the molecule is C=CCNCc1ccc(OC[C@@H](O)CN(C)C2CCCCC2)c(OC)c1. The van der Waals surface area contributed by atoms with Crippen molar-refractivity contribution >= 4 is 0 Å². The molecule has 0 radical (unpaired) electrons. The lowest BCUT2D eigenvalue weighted by Crippen LogP contribution is -2.40. The van der Waals surface area contributed by atoms with Crippen molar-refractivity contribution < 1.29 is 14.6 Å². The van der Waals surface area contributed by atoms with E-state index in [4.69, 9.17) is 9.47 Å². The highest BCUT2D eigenvalue weighted by atomic mass is 16.5. The summed E-state index contributed by atoms with van der Waals surface area (Å²) in [5.74, 6) is 1.36. The van der Waals surface area contributed by atoms with Crippen LogP contribution in [0.25, 0.3) is 0 Å². The number of aliphatic hydroxyl groups is 1. The maximum atomic E-state index is 10.3. The first kappa shape index (κ1) is 20.7. The molecular formula is C21H34N2O3. The minimum Gasteiger partial charge on any atom is -0.493 e. The first-order valence-corrected chi connectivity index (χ1v) is 9.63. The Bertz CT molecular complexity index is 544. The van der Waals surface area contributed by atoms with Gasteiger partial charge in [-0.2, -0.15) is 0 Å². The van der Waals surface area contributed by atoms with E-state index in [-0.39, 0.29) is 6.61 Å². The normalized spacial score (nSPS) is 16.5. The molecule has 1 aliphatic carbocycles. The maximum Gasteiger partial charge on any atom is 0.161 e. The summed E-state index contributed by atoms with van der Waals surface area (Å²) in [4.78, 5) is 2.28. The third-order valence-corrected chi connectivity index (χ3v) is 4.97. The Balaban J connectivity index is 1.82. The minimum atomic E-state index is -0.513. The third-order valence-electron chi connectivity index (χ3n) is 4.97. The van der Waals surface area contributed by atoms with E-state index in [1.165, 1.54) is 32.1 Å². The number of hydrogen-bond donors (Lipinski definition) is 2. The van der Waals surface area contributed by atoms with Crippen LogP contribution in [-0.4, -0.2) is 56.0 Å². The van der Waals surface area contributed by atoms with Gasteiger partial charge in [-0.25, -0.2) is 0 Å². The number of likely N-dealkylation sites (N-methyl/N-ethyl adjacent to an activating group) is 1. The zero-order valence-electron chi connectivity index (χ0n) is 16.2. The molecule has 2 N–H and O–H groups in total. The molecule has 1 saturated carbocycles. The van der Waals surface area contributed by atoms with E-state index in [9.17, 15) is 5.11 Å². The number of aliphatic hydroxyl groups excluding tert-OH is 1. The van der Waals surface area contributed by atoms with Crippen LogP contribution in [0.1, 0.15) is 37.7 Å². The molecule has 1 atom stereocenters. The topological polar surface area (TPSA) is 54.0 Å². The van der Waals surface area contributed by atoms with Gasteiger partial charge in [-0.1, -0.05) is 31.4 Å². The molecule has 0 amide bonds. The lowest BCUT2D eigenvalue weighted by atomic mass is 9.94. The van der Waals surface area contributed by atoms with Gasteiger partial charge in [0.2, 0.25) is 0 Å². The summed E-state index contributed by atoms with van der Waals surface area (Å²) in [5.41, 5.74) is 1.12. The number of methoxy groups -OCH3 is 1. The van der Waals surface area contributed by atoms with Crippen molar-refractivity contribution in [2.75, 3.05) is 33.9 Å². The first-order chi connectivity index (χ1) is 12.6. The largest absolute Gasteiger partial charge is 0.493 e. The van der Waals surface area contributed by atoms with Gasteiger partial charge in [0.15, 0.2) is 11.5 Å². The van der Waals surface area contributed by atoms with E-state index in [0.29, 0.717) is 24.1 Å². The van der Waals surface area contributed by atoms with Gasteiger partial charge in [0, 0.05) is 25.7 Å². The van der Waals surface area contributed by atoms with Crippen molar-refractivity contribution in [2.45, 2.75) is 50.8 Å². The van der Waals surface area contributed by atoms with Crippen LogP contribution >= 0.6 is 0 Å². The smallest absolute Gasteiger partial charge is 0.161 e. The second kappa shape index (κ2) is 11.2. The average Bonchev–Trinajstić information content (AvgIpc) is 2.67. The molecule has 0 heterocycles. The van der Waals surface area contributed by atoms with Crippen molar-refractivity contribution in [3.63, 3.8) is 0 Å². The van der Waals surface area contributed by atoms with Gasteiger partial charge >= 0.3 is 0 Å². The van der Waals surface area contributed by atoms with Crippen LogP contribution < -0.4 is 14.8 Å². The second-order valence-electron chi connectivity index (χ2n) is 7.10. The fraction of sp³-hybridized carbons (Fsp3) is 0.619. The Labute approximate surface area is 158 Å². The highest BCUT2D eigenvalue weighted by Gasteiger charge is 2.20. The number of nitrogens with one attached hydrogen (secondary N) is 1. The van der Waals surface area contributed by atoms with Gasteiger partial charge in [-0.15, -0.1) is 6.58 Å². The van der Waals surface area contributed by atoms with Crippen molar-refractivity contribution in [2.24, 2.45) is 0 Å². The second-order valence-corrected chi connectivity index (χ2v) is 7.10. The van der Waals surface area contributed by atoms with Crippen molar-refractivity contribution in [3.8, 4) is 11.5 Å². The average molecular weight is 363 g/mol. The van der Waals surface area contributed by atoms with Crippen LogP contribution in [0, 0.1) is 0 Å². The standard InChI is InChI=1S/C21H34N2O3/c1-4-12-22-14-17-10-11-20(21(13-17)25-3)26-16-19(24)15-23(2)18-8-6-5-7-9-18/h4,10-11,13,18-19,22,24H,1,5-9,12,14-16H2,2-3H3/t19-/m0/s1. The molecule has 5 nitrogen and oxygen atoms in total. The third kappa shape index (κ3) is 6.63. The zero-order valence-corrected chi connectivity index (χ0v) is 16.2. The molecular weight excluding hydrogens is 328 g/mol. The van der Waals surface area contributed by atoms with Crippen LogP contribution in [0.15, 0.2) is 30.9 Å². The molecule has 0 bridgehead atoms. The molecule has 0 aliphatic heterocycles. The van der Waals surface area contributed by atoms with Crippen LogP contribution in [0.2, 0.25) is 0 Å². The highest BCUT2D eigenvalue weighted by molar-refractivity contribution is 5.43. The monoisotopic (exact) mass is 362 g/mol. The number of ether oxygens (including phenoxy) is 2. The molecule has 0 aromatic heterocycles. The van der Waals surface area contributed by atoms with Crippen LogP contribution in [0.4, 0.5) is 0 Å². The van der Waals surface area contributed by atoms with E-state index < -0.39 is 6.10 Å². The highest BCUT2D eigenvalue weighted by Crippen LogP contribution is 2.28. The van der Waals surface area contributed by atoms with Gasteiger partial charge in [-0.3, -0.25) is 0 Å². The number of rotatable bonds is 11. The van der Waals surface area contributed by atoms with E-state index in [1.54, 1.807) is 7.11 Å². The number of hydrogen-bond acceptors (Lipinski definition) is 5. The number of nitrogens with zero attached hydrogens (tertiary/aromatic N) is 1. The summed E-state index contributed by atoms with van der Waals surface area (Å²) in [5, 5.41) is 13.6. The summed E-state index contributed by atoms with van der Waals surface area (Å²) in [6.07, 6.45) is 7.73. The lowest BCUT2D eigenvalue weighted by Gasteiger charge is -2.32. The zero-order chi connectivity index (χ0) is 18.8. The predicted octanol–water partition coefficient (Wildman–Crippen LogP) is 2.98. The summed E-state index contributed by atoms with van der Waals surface area (Å²) < 4.78 is 11.3. The van der Waals surface area contributed by atoms with Crippen LogP contribution in [0.3, 0.4) is 0 Å². The Hall–Kier alpha value is -1.56. The Morgan fingerprint density at radius 3 is 2.77 bits per heavy atom. The van der Waals surface area contributed by atoms with Crippen molar-refractivity contribution in [1.29, 1.82) is 0 Å². The van der Waals surface area contributed by atoms with Crippen LogP contribution in [0.5, 0.6) is 11.5 Å². The minimum absolute atomic E-state index is 0.265. The maximum absolute atomic E-state index is 10.3. The van der Waals surface area contributed by atoms with Gasteiger partial charge in [-0.05, 0) is 37.6 Å². The van der Waals surface area contributed by atoms with Gasteiger partial charge in [0.1, 0.15) is 12.7 Å². The molecule has 146 valence electrons. The van der Waals surface area contributed by atoms with Gasteiger partial charge in [0.25, 0.3) is 0 Å². The van der Waals surface area contributed by atoms with E-state index in [0.717, 1.165) is 18.7 Å². The summed E-state index contributed by atoms with van der Waals surface area (Å²) in [6.45, 7) is 6.11. The lowest BCUT2D eigenvalue weighted by molar-refractivity contribution is 0.0553. The molecule has 1 aromatic rings. The molecule has 1 fully saturated rings. The van der Waals surface area contributed by atoms with E-state index in [1.807, 2.05) is 24.3 Å². The van der Waals surface area contributed by atoms with Crippen molar-refractivity contribution in [3.05, 3.63) is 36.4 Å². The molecule has 2 rings (SSSR count). The molecule has 0 saturated heterocycles. The molecule has 0 spiro atoms. The molecule has 0 unspecified atom stereocenters. The Morgan fingerprint density at radius 2 is 2.08 bits per heavy atom. The van der Waals surface area contributed by atoms with E-state index in [2.05, 4.69) is 23.8 Å². The van der Waals surface area contributed by atoms with Crippen LogP contribution in [-0.2, 0) is 6.54 Å². The Morgan fingerprint density at radius 1 is 1.31 bits per heavy atom. The van der Waals surface area contributed by atoms with E-state index >= 15 is 0 Å². The summed E-state index contributed by atoms with van der Waals surface area (Å²) >= 11 is 0. The Kier molecular flexibility index (Phi) is 8.95. The molecule has 1 aliphatic rings. The van der Waals surface area contributed by atoms with Crippen molar-refractivity contribution in [1.82, 2.24) is 10.2 Å². The van der Waals surface area contributed by atoms with Gasteiger partial charge < -0.3 is 24.8 Å².